The second-order valence-electron chi connectivity index (χ2n) is 6.25. The molecule has 0 heterocycles. The van der Waals surface area contributed by atoms with Crippen molar-refractivity contribution in [2.24, 2.45) is 5.92 Å². The van der Waals surface area contributed by atoms with Crippen LogP contribution in [0.3, 0.4) is 0 Å². The molecule has 1 aromatic rings. The summed E-state index contributed by atoms with van der Waals surface area (Å²) < 4.78 is 10.4. The van der Waals surface area contributed by atoms with Crippen molar-refractivity contribution < 1.29 is 19.1 Å². The minimum atomic E-state index is -0.833. The van der Waals surface area contributed by atoms with Gasteiger partial charge in [0.2, 0.25) is 0 Å². The number of nitrogens with one attached hydrogen (secondary N) is 1. The van der Waals surface area contributed by atoms with Gasteiger partial charge in [-0.05, 0) is 49.9 Å². The zero-order valence-corrected chi connectivity index (χ0v) is 14.8. The number of carbonyl (C=O) groups is 2. The van der Waals surface area contributed by atoms with Crippen molar-refractivity contribution in [1.82, 2.24) is 5.32 Å². The van der Waals surface area contributed by atoms with Gasteiger partial charge in [0.05, 0.1) is 0 Å². The molecule has 0 bridgehead atoms. The zero-order chi connectivity index (χ0) is 17.5. The van der Waals surface area contributed by atoms with E-state index in [9.17, 15) is 9.59 Å². The van der Waals surface area contributed by atoms with E-state index in [0.717, 1.165) is 19.3 Å². The number of esters is 1. The molecular weight excluding hydrogens is 330 g/mol. The molecule has 0 saturated heterocycles. The van der Waals surface area contributed by atoms with Crippen LogP contribution in [-0.2, 0) is 14.3 Å². The Hall–Kier alpha value is -1.75. The lowest BCUT2D eigenvalue weighted by Gasteiger charge is -2.30. The van der Waals surface area contributed by atoms with E-state index in [0.29, 0.717) is 16.7 Å². The standard InChI is InChI=1S/C18H24ClNO4/c1-12-5-3-4-6-16(12)20-18(22)13(2)24-17(21)11-23-15-9-7-14(19)8-10-15/h7-10,12-13,16H,3-6,11H2,1-2H3,(H,20,22)/t12-,13+,16+/m0/s1. The van der Waals surface area contributed by atoms with E-state index >= 15 is 0 Å². The average Bonchev–Trinajstić information content (AvgIpc) is 2.56. The maximum atomic E-state index is 12.2. The van der Waals surface area contributed by atoms with Gasteiger partial charge in [-0.1, -0.05) is 31.4 Å². The van der Waals surface area contributed by atoms with Gasteiger partial charge < -0.3 is 14.8 Å². The fraction of sp³-hybridized carbons (Fsp3) is 0.556. The Morgan fingerprint density at radius 2 is 1.92 bits per heavy atom. The van der Waals surface area contributed by atoms with E-state index in [4.69, 9.17) is 21.1 Å². The van der Waals surface area contributed by atoms with E-state index in [1.807, 2.05) is 0 Å². The van der Waals surface area contributed by atoms with Gasteiger partial charge in [0, 0.05) is 11.1 Å². The molecule has 1 fully saturated rings. The molecule has 5 nitrogen and oxygen atoms in total. The summed E-state index contributed by atoms with van der Waals surface area (Å²) in [4.78, 5) is 24.0. The summed E-state index contributed by atoms with van der Waals surface area (Å²) in [6, 6.07) is 6.83. The van der Waals surface area contributed by atoms with Gasteiger partial charge in [-0.15, -0.1) is 0 Å². The maximum Gasteiger partial charge on any atom is 0.344 e. The number of hydrogen-bond acceptors (Lipinski definition) is 4. The number of halogens is 1. The van der Waals surface area contributed by atoms with Crippen molar-refractivity contribution in [3.63, 3.8) is 0 Å². The first-order chi connectivity index (χ1) is 11.5. The first-order valence-corrected chi connectivity index (χ1v) is 8.71. The Morgan fingerprint density at radius 3 is 2.58 bits per heavy atom. The molecule has 1 aliphatic rings. The van der Waals surface area contributed by atoms with Gasteiger partial charge >= 0.3 is 5.97 Å². The van der Waals surface area contributed by atoms with Crippen LogP contribution >= 0.6 is 11.6 Å². The highest BCUT2D eigenvalue weighted by Gasteiger charge is 2.26. The molecule has 2 rings (SSSR count). The summed E-state index contributed by atoms with van der Waals surface area (Å²) in [6.07, 6.45) is 3.60. The van der Waals surface area contributed by atoms with E-state index in [-0.39, 0.29) is 18.6 Å². The minimum Gasteiger partial charge on any atom is -0.482 e. The second kappa shape index (κ2) is 8.92. The normalized spacial score (nSPS) is 21.6. The third kappa shape index (κ3) is 5.71. The summed E-state index contributed by atoms with van der Waals surface area (Å²) in [5.41, 5.74) is 0. The molecule has 6 heteroatoms. The van der Waals surface area contributed by atoms with Crippen LogP contribution < -0.4 is 10.1 Å². The predicted molar refractivity (Wildman–Crippen MR) is 92.1 cm³/mol. The lowest BCUT2D eigenvalue weighted by Crippen LogP contribution is -2.46. The van der Waals surface area contributed by atoms with Crippen LogP contribution in [0.4, 0.5) is 0 Å². The molecule has 0 spiro atoms. The molecule has 1 aliphatic carbocycles. The topological polar surface area (TPSA) is 64.6 Å². The smallest absolute Gasteiger partial charge is 0.344 e. The average molecular weight is 354 g/mol. The van der Waals surface area contributed by atoms with Gasteiger partial charge in [-0.3, -0.25) is 4.79 Å². The third-order valence-electron chi connectivity index (χ3n) is 4.29. The predicted octanol–water partition coefficient (Wildman–Crippen LogP) is 3.35. The number of benzene rings is 1. The molecule has 0 radical (unpaired) electrons. The van der Waals surface area contributed by atoms with Crippen molar-refractivity contribution in [1.29, 1.82) is 0 Å². The van der Waals surface area contributed by atoms with Gasteiger partial charge in [-0.25, -0.2) is 4.79 Å². The van der Waals surface area contributed by atoms with Crippen LogP contribution in [0.2, 0.25) is 5.02 Å². The lowest BCUT2D eigenvalue weighted by molar-refractivity contribution is -0.157. The summed E-state index contributed by atoms with van der Waals surface area (Å²) in [7, 11) is 0. The summed E-state index contributed by atoms with van der Waals surface area (Å²) in [5, 5.41) is 3.57. The molecule has 3 atom stereocenters. The first-order valence-electron chi connectivity index (χ1n) is 8.34. The number of ether oxygens (including phenoxy) is 2. The quantitative estimate of drug-likeness (QED) is 0.796. The summed E-state index contributed by atoms with van der Waals surface area (Å²) in [6.45, 7) is 3.46. The SMILES string of the molecule is C[C@@H](OC(=O)COc1ccc(Cl)cc1)C(=O)N[C@@H]1CCCC[C@@H]1C. The van der Waals surface area contributed by atoms with Crippen molar-refractivity contribution in [3.8, 4) is 5.75 Å². The van der Waals surface area contributed by atoms with Crippen LogP contribution in [0.25, 0.3) is 0 Å². The van der Waals surface area contributed by atoms with Crippen LogP contribution in [0.1, 0.15) is 39.5 Å². The van der Waals surface area contributed by atoms with Crippen LogP contribution in [-0.4, -0.2) is 30.6 Å². The van der Waals surface area contributed by atoms with Crippen molar-refractivity contribution in [3.05, 3.63) is 29.3 Å². The Labute approximate surface area is 147 Å². The molecule has 0 unspecified atom stereocenters. The van der Waals surface area contributed by atoms with Crippen LogP contribution in [0, 0.1) is 5.92 Å². The largest absolute Gasteiger partial charge is 0.482 e. The zero-order valence-electron chi connectivity index (χ0n) is 14.1. The number of amides is 1. The molecular formula is C18H24ClNO4. The molecule has 1 saturated carbocycles. The third-order valence-corrected chi connectivity index (χ3v) is 4.54. The molecule has 0 aromatic heterocycles. The fourth-order valence-electron chi connectivity index (χ4n) is 2.79. The number of carbonyl (C=O) groups excluding carboxylic acids is 2. The fourth-order valence-corrected chi connectivity index (χ4v) is 2.91. The lowest BCUT2D eigenvalue weighted by atomic mass is 9.86. The van der Waals surface area contributed by atoms with Crippen LogP contribution in [0.5, 0.6) is 5.75 Å². The Kier molecular flexibility index (Phi) is 6.91. The Balaban J connectivity index is 1.73. The molecule has 1 N–H and O–H groups in total. The van der Waals surface area contributed by atoms with Crippen LogP contribution in [0.15, 0.2) is 24.3 Å². The molecule has 1 aromatic carbocycles. The van der Waals surface area contributed by atoms with Crippen molar-refractivity contribution >= 4 is 23.5 Å². The Morgan fingerprint density at radius 1 is 1.25 bits per heavy atom. The van der Waals surface area contributed by atoms with E-state index in [1.165, 1.54) is 6.42 Å². The highest BCUT2D eigenvalue weighted by atomic mass is 35.5. The monoisotopic (exact) mass is 353 g/mol. The summed E-state index contributed by atoms with van der Waals surface area (Å²) in [5.74, 6) is 0.140. The highest BCUT2D eigenvalue weighted by molar-refractivity contribution is 6.30. The molecule has 0 aliphatic heterocycles. The van der Waals surface area contributed by atoms with E-state index < -0.39 is 12.1 Å². The van der Waals surface area contributed by atoms with Gasteiger partial charge in [-0.2, -0.15) is 0 Å². The number of hydrogen-bond donors (Lipinski definition) is 1. The van der Waals surface area contributed by atoms with E-state index in [2.05, 4.69) is 12.2 Å². The molecule has 24 heavy (non-hydrogen) atoms. The maximum absolute atomic E-state index is 12.2. The Bertz CT molecular complexity index is 561. The molecule has 132 valence electrons. The molecule has 1 amide bonds. The van der Waals surface area contributed by atoms with Gasteiger partial charge in [0.25, 0.3) is 5.91 Å². The van der Waals surface area contributed by atoms with Crippen molar-refractivity contribution in [2.45, 2.75) is 51.7 Å². The second-order valence-corrected chi connectivity index (χ2v) is 6.69. The highest BCUT2D eigenvalue weighted by Crippen LogP contribution is 2.23. The number of rotatable bonds is 6. The van der Waals surface area contributed by atoms with E-state index in [1.54, 1.807) is 31.2 Å². The minimum absolute atomic E-state index is 0.165. The first kappa shape index (κ1) is 18.6. The van der Waals surface area contributed by atoms with Gasteiger partial charge in [0.1, 0.15) is 5.75 Å². The summed E-state index contributed by atoms with van der Waals surface area (Å²) >= 11 is 5.78. The van der Waals surface area contributed by atoms with Gasteiger partial charge in [0.15, 0.2) is 12.7 Å². The van der Waals surface area contributed by atoms with Crippen molar-refractivity contribution in [2.75, 3.05) is 6.61 Å².